The molecular weight excluding hydrogens is 236 g/mol. The number of aliphatic hydroxyl groups is 1. The minimum Gasteiger partial charge on any atom is -0.390 e. The van der Waals surface area contributed by atoms with Gasteiger partial charge in [0, 0.05) is 6.54 Å². The Morgan fingerprint density at radius 1 is 1.26 bits per heavy atom. The number of hydrogen-bond donors (Lipinski definition) is 2. The SMILES string of the molecule is Cc1cc(C(C)(C)C)ccc1C(C(O)CN)N(C)C. The van der Waals surface area contributed by atoms with Gasteiger partial charge in [-0.15, -0.1) is 0 Å². The van der Waals surface area contributed by atoms with E-state index in [2.05, 4.69) is 45.9 Å². The molecule has 3 N–H and O–H groups in total. The van der Waals surface area contributed by atoms with E-state index in [1.54, 1.807) is 0 Å². The fourth-order valence-electron chi connectivity index (χ4n) is 2.43. The molecule has 0 fully saturated rings. The first-order valence-corrected chi connectivity index (χ1v) is 6.84. The molecule has 19 heavy (non-hydrogen) atoms. The standard InChI is InChI=1S/C16H28N2O/c1-11-9-12(16(2,3)4)7-8-13(11)15(18(5)6)14(19)10-17/h7-9,14-15,19H,10,17H2,1-6H3. The van der Waals surface area contributed by atoms with Crippen LogP contribution in [-0.2, 0) is 5.41 Å². The monoisotopic (exact) mass is 264 g/mol. The summed E-state index contributed by atoms with van der Waals surface area (Å²) in [5.74, 6) is 0. The van der Waals surface area contributed by atoms with E-state index in [0.29, 0.717) is 0 Å². The second-order valence-electron chi connectivity index (χ2n) is 6.53. The van der Waals surface area contributed by atoms with E-state index in [1.165, 1.54) is 11.1 Å². The zero-order chi connectivity index (χ0) is 14.8. The summed E-state index contributed by atoms with van der Waals surface area (Å²) in [4.78, 5) is 2.02. The van der Waals surface area contributed by atoms with Crippen LogP contribution in [0.15, 0.2) is 18.2 Å². The number of aliphatic hydroxyl groups excluding tert-OH is 1. The highest BCUT2D eigenvalue weighted by molar-refractivity contribution is 5.36. The number of hydrogen-bond acceptors (Lipinski definition) is 3. The van der Waals surface area contributed by atoms with Gasteiger partial charge in [0.1, 0.15) is 0 Å². The molecule has 0 aliphatic heterocycles. The Labute approximate surface area is 117 Å². The topological polar surface area (TPSA) is 49.5 Å². The predicted molar refractivity (Wildman–Crippen MR) is 81.4 cm³/mol. The zero-order valence-electron chi connectivity index (χ0n) is 13.1. The summed E-state index contributed by atoms with van der Waals surface area (Å²) >= 11 is 0. The molecule has 0 amide bonds. The summed E-state index contributed by atoms with van der Waals surface area (Å²) in [6.45, 7) is 8.99. The molecule has 0 spiro atoms. The first kappa shape index (κ1) is 16.2. The van der Waals surface area contributed by atoms with Gasteiger partial charge in [-0.2, -0.15) is 0 Å². The fraction of sp³-hybridized carbons (Fsp3) is 0.625. The molecule has 1 aromatic carbocycles. The van der Waals surface area contributed by atoms with E-state index in [1.807, 2.05) is 19.0 Å². The summed E-state index contributed by atoms with van der Waals surface area (Å²) in [6.07, 6.45) is -0.547. The van der Waals surface area contributed by atoms with Gasteiger partial charge in [-0.25, -0.2) is 0 Å². The quantitative estimate of drug-likeness (QED) is 0.876. The van der Waals surface area contributed by atoms with Gasteiger partial charge >= 0.3 is 0 Å². The molecule has 0 aliphatic carbocycles. The number of nitrogens with two attached hydrogens (primary N) is 1. The van der Waals surface area contributed by atoms with Crippen LogP contribution in [0, 0.1) is 6.92 Å². The van der Waals surface area contributed by atoms with Gasteiger partial charge in [0.25, 0.3) is 0 Å². The number of likely N-dealkylation sites (N-methyl/N-ethyl adjacent to an activating group) is 1. The molecule has 0 bridgehead atoms. The highest BCUT2D eigenvalue weighted by atomic mass is 16.3. The van der Waals surface area contributed by atoms with Crippen molar-refractivity contribution in [3.05, 3.63) is 34.9 Å². The Kier molecular flexibility index (Phi) is 5.13. The second kappa shape index (κ2) is 6.04. The summed E-state index contributed by atoms with van der Waals surface area (Å²) in [5, 5.41) is 10.1. The lowest BCUT2D eigenvalue weighted by molar-refractivity contribution is 0.0820. The third kappa shape index (κ3) is 3.78. The van der Waals surface area contributed by atoms with Gasteiger partial charge in [0.05, 0.1) is 12.1 Å². The molecule has 0 radical (unpaired) electrons. The summed E-state index contributed by atoms with van der Waals surface area (Å²) < 4.78 is 0. The second-order valence-corrected chi connectivity index (χ2v) is 6.53. The van der Waals surface area contributed by atoms with Gasteiger partial charge < -0.3 is 15.7 Å². The average Bonchev–Trinajstić information content (AvgIpc) is 2.29. The molecule has 0 aliphatic rings. The van der Waals surface area contributed by atoms with Crippen LogP contribution in [-0.4, -0.2) is 36.8 Å². The average molecular weight is 264 g/mol. The summed E-state index contributed by atoms with van der Waals surface area (Å²) in [7, 11) is 3.95. The third-order valence-corrected chi connectivity index (χ3v) is 3.62. The number of nitrogens with zero attached hydrogens (tertiary/aromatic N) is 1. The molecule has 1 aromatic rings. The molecule has 3 heteroatoms. The molecule has 0 saturated carbocycles. The van der Waals surface area contributed by atoms with Crippen molar-refractivity contribution < 1.29 is 5.11 Å². The van der Waals surface area contributed by atoms with E-state index in [-0.39, 0.29) is 18.0 Å². The first-order valence-electron chi connectivity index (χ1n) is 6.84. The van der Waals surface area contributed by atoms with Crippen LogP contribution in [0.2, 0.25) is 0 Å². The Morgan fingerprint density at radius 2 is 1.84 bits per heavy atom. The van der Waals surface area contributed by atoms with Crippen LogP contribution in [0.3, 0.4) is 0 Å². The van der Waals surface area contributed by atoms with E-state index in [0.717, 1.165) is 5.56 Å². The Bertz CT molecular complexity index is 421. The molecule has 2 unspecified atom stereocenters. The van der Waals surface area contributed by atoms with Crippen LogP contribution < -0.4 is 5.73 Å². The number of aryl methyl sites for hydroxylation is 1. The van der Waals surface area contributed by atoms with Crippen LogP contribution in [0.25, 0.3) is 0 Å². The summed E-state index contributed by atoms with van der Waals surface area (Å²) in [6, 6.07) is 6.44. The van der Waals surface area contributed by atoms with Crippen molar-refractivity contribution in [3.63, 3.8) is 0 Å². The fourth-order valence-corrected chi connectivity index (χ4v) is 2.43. The maximum Gasteiger partial charge on any atom is 0.0858 e. The van der Waals surface area contributed by atoms with Crippen molar-refractivity contribution in [3.8, 4) is 0 Å². The van der Waals surface area contributed by atoms with Gasteiger partial charge in [-0.05, 0) is 43.1 Å². The van der Waals surface area contributed by atoms with Gasteiger partial charge in [0.2, 0.25) is 0 Å². The van der Waals surface area contributed by atoms with Crippen LogP contribution in [0.1, 0.15) is 43.5 Å². The van der Waals surface area contributed by atoms with Gasteiger partial charge in [-0.3, -0.25) is 0 Å². The van der Waals surface area contributed by atoms with E-state index >= 15 is 0 Å². The van der Waals surface area contributed by atoms with E-state index in [4.69, 9.17) is 5.73 Å². The zero-order valence-corrected chi connectivity index (χ0v) is 13.1. The smallest absolute Gasteiger partial charge is 0.0858 e. The Hall–Kier alpha value is -0.900. The van der Waals surface area contributed by atoms with Crippen molar-refractivity contribution >= 4 is 0 Å². The van der Waals surface area contributed by atoms with Crippen molar-refractivity contribution in [1.29, 1.82) is 0 Å². The van der Waals surface area contributed by atoms with Crippen molar-refractivity contribution in [1.82, 2.24) is 4.90 Å². The van der Waals surface area contributed by atoms with Gasteiger partial charge in [0.15, 0.2) is 0 Å². The molecule has 2 atom stereocenters. The van der Waals surface area contributed by atoms with Crippen LogP contribution in [0.4, 0.5) is 0 Å². The lowest BCUT2D eigenvalue weighted by atomic mass is 9.84. The molecule has 108 valence electrons. The lowest BCUT2D eigenvalue weighted by Gasteiger charge is -2.31. The van der Waals surface area contributed by atoms with Gasteiger partial charge in [-0.1, -0.05) is 39.0 Å². The molecular formula is C16H28N2O. The summed E-state index contributed by atoms with van der Waals surface area (Å²) in [5.41, 5.74) is 9.43. The van der Waals surface area contributed by atoms with Crippen LogP contribution in [0.5, 0.6) is 0 Å². The third-order valence-electron chi connectivity index (χ3n) is 3.62. The van der Waals surface area contributed by atoms with Crippen molar-refractivity contribution in [2.24, 2.45) is 5.73 Å². The first-order chi connectivity index (χ1) is 8.68. The molecule has 0 heterocycles. The normalized spacial score (nSPS) is 15.6. The minimum absolute atomic E-state index is 0.0565. The molecule has 0 saturated heterocycles. The Balaban J connectivity index is 3.20. The highest BCUT2D eigenvalue weighted by Crippen LogP contribution is 2.29. The number of benzene rings is 1. The number of rotatable bonds is 4. The van der Waals surface area contributed by atoms with E-state index < -0.39 is 6.10 Å². The molecule has 0 aromatic heterocycles. The highest BCUT2D eigenvalue weighted by Gasteiger charge is 2.24. The minimum atomic E-state index is -0.547. The lowest BCUT2D eigenvalue weighted by Crippen LogP contribution is -2.36. The van der Waals surface area contributed by atoms with Crippen molar-refractivity contribution in [2.45, 2.75) is 45.3 Å². The van der Waals surface area contributed by atoms with E-state index in [9.17, 15) is 5.11 Å². The van der Waals surface area contributed by atoms with Crippen LogP contribution >= 0.6 is 0 Å². The maximum atomic E-state index is 10.1. The maximum absolute atomic E-state index is 10.1. The van der Waals surface area contributed by atoms with Crippen molar-refractivity contribution in [2.75, 3.05) is 20.6 Å². The molecule has 1 rings (SSSR count). The molecule has 3 nitrogen and oxygen atoms in total. The Morgan fingerprint density at radius 3 is 2.21 bits per heavy atom. The largest absolute Gasteiger partial charge is 0.390 e. The predicted octanol–water partition coefficient (Wildman–Crippen LogP) is 2.21.